The molecule has 0 aliphatic heterocycles. The standard InChI is InChI=1S/C12H15F3N2/c1-11(5-2-6-11)17-10-4-3-8(7-9(10)16)12(13,14)15/h3-4,7,17H,2,5-6,16H2,1H3. The van der Waals surface area contributed by atoms with Gasteiger partial charge >= 0.3 is 6.18 Å². The fourth-order valence-corrected chi connectivity index (χ4v) is 2.01. The SMILES string of the molecule is CC1(Nc2ccc(C(F)(F)F)cc2N)CCC1. The van der Waals surface area contributed by atoms with Crippen molar-refractivity contribution in [2.24, 2.45) is 0 Å². The topological polar surface area (TPSA) is 38.0 Å². The molecule has 1 aliphatic carbocycles. The van der Waals surface area contributed by atoms with Crippen LogP contribution in [0.15, 0.2) is 18.2 Å². The van der Waals surface area contributed by atoms with Crippen molar-refractivity contribution >= 4 is 11.4 Å². The highest BCUT2D eigenvalue weighted by Crippen LogP contribution is 2.38. The van der Waals surface area contributed by atoms with Crippen LogP contribution >= 0.6 is 0 Å². The molecule has 2 nitrogen and oxygen atoms in total. The third-order valence-electron chi connectivity index (χ3n) is 3.27. The number of hydrogen-bond donors (Lipinski definition) is 2. The van der Waals surface area contributed by atoms with Gasteiger partial charge in [0.05, 0.1) is 16.9 Å². The summed E-state index contributed by atoms with van der Waals surface area (Å²) in [7, 11) is 0. The second-order valence-corrected chi connectivity index (χ2v) is 4.84. The van der Waals surface area contributed by atoms with E-state index in [4.69, 9.17) is 5.73 Å². The molecular weight excluding hydrogens is 229 g/mol. The van der Waals surface area contributed by atoms with Crippen molar-refractivity contribution in [2.75, 3.05) is 11.1 Å². The van der Waals surface area contributed by atoms with Crippen molar-refractivity contribution < 1.29 is 13.2 Å². The van der Waals surface area contributed by atoms with Crippen LogP contribution < -0.4 is 11.1 Å². The van der Waals surface area contributed by atoms with Gasteiger partial charge in [0.1, 0.15) is 0 Å². The molecule has 1 fully saturated rings. The molecule has 0 spiro atoms. The van der Waals surface area contributed by atoms with E-state index in [0.717, 1.165) is 31.4 Å². The Balaban J connectivity index is 2.20. The van der Waals surface area contributed by atoms with Crippen molar-refractivity contribution in [3.63, 3.8) is 0 Å². The van der Waals surface area contributed by atoms with Gasteiger partial charge in [-0.25, -0.2) is 0 Å². The molecule has 1 aliphatic rings. The van der Waals surface area contributed by atoms with E-state index in [9.17, 15) is 13.2 Å². The lowest BCUT2D eigenvalue weighted by atomic mass is 9.78. The van der Waals surface area contributed by atoms with Gasteiger partial charge in [0.2, 0.25) is 0 Å². The lowest BCUT2D eigenvalue weighted by Crippen LogP contribution is -2.41. The number of anilines is 2. The van der Waals surface area contributed by atoms with Gasteiger partial charge in [-0.3, -0.25) is 0 Å². The van der Waals surface area contributed by atoms with Crippen LogP contribution in [-0.4, -0.2) is 5.54 Å². The van der Waals surface area contributed by atoms with Gasteiger partial charge < -0.3 is 11.1 Å². The first-order valence-corrected chi connectivity index (χ1v) is 5.55. The van der Waals surface area contributed by atoms with Gasteiger partial charge in [0.15, 0.2) is 0 Å². The zero-order valence-corrected chi connectivity index (χ0v) is 9.56. The summed E-state index contributed by atoms with van der Waals surface area (Å²) >= 11 is 0. The second kappa shape index (κ2) is 3.82. The number of benzene rings is 1. The highest BCUT2D eigenvalue weighted by molar-refractivity contribution is 5.68. The van der Waals surface area contributed by atoms with Crippen LogP contribution in [0.5, 0.6) is 0 Å². The van der Waals surface area contributed by atoms with E-state index in [1.54, 1.807) is 0 Å². The number of halogens is 3. The lowest BCUT2D eigenvalue weighted by molar-refractivity contribution is -0.137. The normalized spacial score (nSPS) is 18.6. The quantitative estimate of drug-likeness (QED) is 0.779. The average Bonchev–Trinajstić information content (AvgIpc) is 2.17. The largest absolute Gasteiger partial charge is 0.416 e. The first-order chi connectivity index (χ1) is 7.80. The van der Waals surface area contributed by atoms with Gasteiger partial charge in [-0.15, -0.1) is 0 Å². The minimum absolute atomic E-state index is 0.0200. The number of alkyl halides is 3. The first kappa shape index (κ1) is 12.1. The summed E-state index contributed by atoms with van der Waals surface area (Å²) < 4.78 is 37.3. The van der Waals surface area contributed by atoms with E-state index in [1.807, 2.05) is 6.92 Å². The predicted molar refractivity (Wildman–Crippen MR) is 61.7 cm³/mol. The van der Waals surface area contributed by atoms with Gasteiger partial charge in [-0.1, -0.05) is 0 Å². The van der Waals surface area contributed by atoms with Crippen LogP contribution in [0.2, 0.25) is 0 Å². The molecule has 0 radical (unpaired) electrons. The highest BCUT2D eigenvalue weighted by Gasteiger charge is 2.33. The van der Waals surface area contributed by atoms with Crippen LogP contribution in [0, 0.1) is 0 Å². The first-order valence-electron chi connectivity index (χ1n) is 5.55. The molecule has 5 heteroatoms. The monoisotopic (exact) mass is 244 g/mol. The summed E-state index contributed by atoms with van der Waals surface area (Å²) in [5.74, 6) is 0. The molecule has 0 aromatic heterocycles. The molecule has 17 heavy (non-hydrogen) atoms. The summed E-state index contributed by atoms with van der Waals surface area (Å²) in [6, 6.07) is 3.44. The minimum atomic E-state index is -4.34. The maximum atomic E-state index is 12.4. The third kappa shape index (κ3) is 2.48. The molecule has 0 heterocycles. The van der Waals surface area contributed by atoms with Crippen molar-refractivity contribution in [2.45, 2.75) is 37.9 Å². The summed E-state index contributed by atoms with van der Waals surface area (Å²) in [6.07, 6.45) is -1.15. The van der Waals surface area contributed by atoms with Crippen molar-refractivity contribution in [1.82, 2.24) is 0 Å². The second-order valence-electron chi connectivity index (χ2n) is 4.84. The molecule has 1 aromatic rings. The summed E-state index contributed by atoms with van der Waals surface area (Å²) in [4.78, 5) is 0. The Kier molecular flexibility index (Phi) is 2.72. The van der Waals surface area contributed by atoms with Crippen LogP contribution in [0.3, 0.4) is 0 Å². The average molecular weight is 244 g/mol. The maximum absolute atomic E-state index is 12.4. The Morgan fingerprint density at radius 3 is 2.35 bits per heavy atom. The minimum Gasteiger partial charge on any atom is -0.397 e. The maximum Gasteiger partial charge on any atom is 0.416 e. The summed E-state index contributed by atoms with van der Waals surface area (Å²) in [5, 5.41) is 3.21. The van der Waals surface area contributed by atoms with Crippen LogP contribution in [0.4, 0.5) is 24.5 Å². The van der Waals surface area contributed by atoms with Crippen LogP contribution in [0.1, 0.15) is 31.7 Å². The van der Waals surface area contributed by atoms with Crippen molar-refractivity contribution in [1.29, 1.82) is 0 Å². The molecule has 0 bridgehead atoms. The van der Waals surface area contributed by atoms with Crippen molar-refractivity contribution in [3.05, 3.63) is 23.8 Å². The van der Waals surface area contributed by atoms with E-state index < -0.39 is 11.7 Å². The summed E-state index contributed by atoms with van der Waals surface area (Å²) in [6.45, 7) is 2.05. The fraction of sp³-hybridized carbons (Fsp3) is 0.500. The Morgan fingerprint density at radius 1 is 1.29 bits per heavy atom. The molecule has 0 amide bonds. The van der Waals surface area contributed by atoms with E-state index in [2.05, 4.69) is 5.32 Å². The number of nitrogens with one attached hydrogen (secondary N) is 1. The molecule has 1 aromatic carbocycles. The van der Waals surface area contributed by atoms with Gasteiger partial charge in [-0.05, 0) is 44.4 Å². The zero-order valence-electron chi connectivity index (χ0n) is 9.56. The van der Waals surface area contributed by atoms with Gasteiger partial charge in [0, 0.05) is 5.54 Å². The Morgan fingerprint density at radius 2 is 1.94 bits per heavy atom. The number of rotatable bonds is 2. The third-order valence-corrected chi connectivity index (χ3v) is 3.27. The van der Waals surface area contributed by atoms with Gasteiger partial charge in [0.25, 0.3) is 0 Å². The molecule has 94 valence electrons. The molecule has 3 N–H and O–H groups in total. The predicted octanol–water partition coefficient (Wildman–Crippen LogP) is 3.64. The Bertz CT molecular complexity index is 422. The fourth-order valence-electron chi connectivity index (χ4n) is 2.01. The molecule has 0 unspecified atom stereocenters. The van der Waals surface area contributed by atoms with Crippen LogP contribution in [-0.2, 0) is 6.18 Å². The smallest absolute Gasteiger partial charge is 0.397 e. The van der Waals surface area contributed by atoms with E-state index in [-0.39, 0.29) is 11.2 Å². The van der Waals surface area contributed by atoms with E-state index in [0.29, 0.717) is 5.69 Å². The van der Waals surface area contributed by atoms with Crippen LogP contribution in [0.25, 0.3) is 0 Å². The summed E-state index contributed by atoms with van der Waals surface area (Å²) in [5.41, 5.74) is 5.64. The molecule has 0 saturated heterocycles. The van der Waals surface area contributed by atoms with E-state index in [1.165, 1.54) is 6.07 Å². The number of hydrogen-bond acceptors (Lipinski definition) is 2. The van der Waals surface area contributed by atoms with E-state index >= 15 is 0 Å². The zero-order chi connectivity index (χ0) is 12.7. The number of nitrogens with two attached hydrogens (primary N) is 1. The Hall–Kier alpha value is -1.39. The number of nitrogen functional groups attached to an aromatic ring is 1. The molecule has 1 saturated carbocycles. The van der Waals surface area contributed by atoms with Crippen molar-refractivity contribution in [3.8, 4) is 0 Å². The highest BCUT2D eigenvalue weighted by atomic mass is 19.4. The lowest BCUT2D eigenvalue weighted by Gasteiger charge is -2.40. The molecule has 2 rings (SSSR count). The van der Waals surface area contributed by atoms with Gasteiger partial charge in [-0.2, -0.15) is 13.2 Å². The molecule has 0 atom stereocenters. The molecular formula is C12H15F3N2. The Labute approximate surface area is 98.0 Å².